The van der Waals surface area contributed by atoms with Crippen molar-refractivity contribution >= 4 is 32.6 Å². The van der Waals surface area contributed by atoms with Gasteiger partial charge in [0.1, 0.15) is 0 Å². The van der Waals surface area contributed by atoms with Crippen LogP contribution in [0, 0.1) is 13.0 Å². The summed E-state index contributed by atoms with van der Waals surface area (Å²) in [5.74, 6) is 0. The molecule has 0 amide bonds. The smallest absolute Gasteiger partial charge is 0.0873 e. The summed E-state index contributed by atoms with van der Waals surface area (Å²) in [5, 5.41) is 21.6. The fourth-order valence-corrected chi connectivity index (χ4v) is 3.98. The van der Waals surface area contributed by atoms with E-state index in [9.17, 15) is 0 Å². The molecule has 5 aromatic rings. The zero-order chi connectivity index (χ0) is 22.7. The van der Waals surface area contributed by atoms with Gasteiger partial charge in [0.2, 0.25) is 0 Å². The van der Waals surface area contributed by atoms with Gasteiger partial charge in [-0.05, 0) is 38.6 Å². The maximum atomic E-state index is 8.56. The molecule has 0 spiro atoms. The standard InChI is InChI=1S/C23H15N2.C5H12O2.Pt/c1-15-7-6-8-16(13-15)21-14-24-22-19-11-4-2-9-17(19)18-10-3-5-12-20(18)23(22)25-21;1-4(6)3-5(2)7;/h2-10,12-14H,1H3;4-7H,3H2,1-2H3;/q-1;;. The van der Waals surface area contributed by atoms with Gasteiger partial charge < -0.3 is 15.2 Å². The second kappa shape index (κ2) is 11.0. The van der Waals surface area contributed by atoms with Crippen LogP contribution in [0.1, 0.15) is 25.8 Å². The van der Waals surface area contributed by atoms with Gasteiger partial charge in [-0.15, -0.1) is 29.7 Å². The molecule has 2 unspecified atom stereocenters. The number of aryl methyl sites for hydroxylation is 1. The molecule has 4 nitrogen and oxygen atoms in total. The number of nitrogens with zero attached hydrogens (tertiary/aromatic N) is 2. The van der Waals surface area contributed by atoms with Crippen LogP contribution in [0.2, 0.25) is 0 Å². The Morgan fingerprint density at radius 3 is 2.21 bits per heavy atom. The van der Waals surface area contributed by atoms with E-state index in [0.29, 0.717) is 6.42 Å². The third kappa shape index (κ3) is 5.65. The van der Waals surface area contributed by atoms with Crippen molar-refractivity contribution < 1.29 is 31.3 Å². The van der Waals surface area contributed by atoms with Crippen molar-refractivity contribution in [1.29, 1.82) is 0 Å². The van der Waals surface area contributed by atoms with Gasteiger partial charge in [0.15, 0.2) is 0 Å². The summed E-state index contributed by atoms with van der Waals surface area (Å²) in [7, 11) is 0. The molecule has 5 rings (SSSR count). The zero-order valence-electron chi connectivity index (χ0n) is 18.9. The van der Waals surface area contributed by atoms with Crippen LogP contribution < -0.4 is 0 Å². The van der Waals surface area contributed by atoms with Crippen molar-refractivity contribution in [2.24, 2.45) is 0 Å². The summed E-state index contributed by atoms with van der Waals surface area (Å²) in [6.45, 7) is 5.41. The third-order valence-electron chi connectivity index (χ3n) is 5.33. The number of hydrogen-bond acceptors (Lipinski definition) is 4. The fraction of sp³-hybridized carbons (Fsp3) is 0.214. The summed E-state index contributed by atoms with van der Waals surface area (Å²) in [6.07, 6.45) is 1.59. The molecule has 0 aliphatic heterocycles. The summed E-state index contributed by atoms with van der Waals surface area (Å²) >= 11 is 0. The maximum absolute atomic E-state index is 8.56. The Kier molecular flexibility index (Phi) is 8.31. The Bertz CT molecular complexity index is 1340. The van der Waals surface area contributed by atoms with Gasteiger partial charge in [-0.2, -0.15) is 0 Å². The van der Waals surface area contributed by atoms with Crippen LogP contribution in [0.15, 0.2) is 72.9 Å². The average molecular weight is 619 g/mol. The molecule has 0 saturated heterocycles. The fourth-order valence-electron chi connectivity index (χ4n) is 3.98. The summed E-state index contributed by atoms with van der Waals surface area (Å²) in [6, 6.07) is 26.2. The predicted molar refractivity (Wildman–Crippen MR) is 132 cm³/mol. The quantitative estimate of drug-likeness (QED) is 0.197. The van der Waals surface area contributed by atoms with E-state index in [0.717, 1.165) is 33.1 Å². The molecule has 33 heavy (non-hydrogen) atoms. The molecule has 1 aromatic heterocycles. The molecule has 172 valence electrons. The maximum Gasteiger partial charge on any atom is 0.0873 e. The van der Waals surface area contributed by atoms with E-state index in [1.165, 1.54) is 16.3 Å². The Balaban J connectivity index is 0.000000337. The van der Waals surface area contributed by atoms with E-state index >= 15 is 0 Å². The second-order valence-electron chi connectivity index (χ2n) is 8.26. The van der Waals surface area contributed by atoms with Crippen LogP contribution in [0.25, 0.3) is 43.8 Å². The normalized spacial score (nSPS) is 12.6. The Morgan fingerprint density at radius 2 is 1.55 bits per heavy atom. The van der Waals surface area contributed by atoms with Gasteiger partial charge in [0.25, 0.3) is 0 Å². The van der Waals surface area contributed by atoms with E-state index in [1.54, 1.807) is 13.8 Å². The van der Waals surface area contributed by atoms with Gasteiger partial charge in [-0.25, -0.2) is 0 Å². The number of aliphatic hydroxyl groups excluding tert-OH is 2. The molecule has 0 aliphatic carbocycles. The SMILES string of the molecule is CC(O)CC(C)O.Cc1cccc(-c2cnc3c4[c-]cccc4c4ccccc4c3n2)c1.[Pt]. The molecule has 0 radical (unpaired) electrons. The van der Waals surface area contributed by atoms with Crippen molar-refractivity contribution in [1.82, 2.24) is 9.97 Å². The summed E-state index contributed by atoms with van der Waals surface area (Å²) in [4.78, 5) is 9.75. The van der Waals surface area contributed by atoms with E-state index in [1.807, 2.05) is 18.3 Å². The van der Waals surface area contributed by atoms with Gasteiger partial charge in [-0.1, -0.05) is 58.8 Å². The van der Waals surface area contributed by atoms with Gasteiger partial charge in [-0.3, -0.25) is 4.98 Å². The van der Waals surface area contributed by atoms with Crippen LogP contribution >= 0.6 is 0 Å². The minimum atomic E-state index is -0.375. The molecule has 2 N–H and O–H groups in total. The molecule has 5 heteroatoms. The minimum Gasteiger partial charge on any atom is -0.393 e. The number of benzene rings is 4. The van der Waals surface area contributed by atoms with Crippen molar-refractivity contribution in [3.05, 3.63) is 84.6 Å². The van der Waals surface area contributed by atoms with Crippen molar-refractivity contribution in [3.8, 4) is 11.3 Å². The molecule has 4 aromatic carbocycles. The van der Waals surface area contributed by atoms with Crippen LogP contribution in [-0.4, -0.2) is 32.4 Å². The van der Waals surface area contributed by atoms with Gasteiger partial charge in [0.05, 0.1) is 23.4 Å². The van der Waals surface area contributed by atoms with Crippen LogP contribution in [0.4, 0.5) is 0 Å². The van der Waals surface area contributed by atoms with Crippen LogP contribution in [-0.2, 0) is 21.1 Å². The predicted octanol–water partition coefficient (Wildman–Crippen LogP) is 5.85. The molecule has 0 fully saturated rings. The van der Waals surface area contributed by atoms with Crippen molar-refractivity contribution in [2.75, 3.05) is 0 Å². The number of aromatic nitrogens is 2. The monoisotopic (exact) mass is 618 g/mol. The average Bonchev–Trinajstić information content (AvgIpc) is 2.78. The first-order valence-electron chi connectivity index (χ1n) is 10.8. The molecular formula is C28H27N2O2Pt-. The van der Waals surface area contributed by atoms with E-state index in [-0.39, 0.29) is 33.3 Å². The summed E-state index contributed by atoms with van der Waals surface area (Å²) < 4.78 is 0. The second-order valence-corrected chi connectivity index (χ2v) is 8.26. The van der Waals surface area contributed by atoms with Crippen LogP contribution in [0.3, 0.4) is 0 Å². The number of aliphatic hydroxyl groups is 2. The molecule has 0 aliphatic rings. The topological polar surface area (TPSA) is 66.2 Å². The molecule has 2 atom stereocenters. The molecule has 0 saturated carbocycles. The molecule has 0 bridgehead atoms. The first-order chi connectivity index (χ1) is 15.4. The number of rotatable bonds is 3. The Morgan fingerprint density at radius 1 is 0.848 bits per heavy atom. The van der Waals surface area contributed by atoms with Gasteiger partial charge in [0, 0.05) is 38.3 Å². The van der Waals surface area contributed by atoms with E-state index in [2.05, 4.69) is 67.6 Å². The minimum absolute atomic E-state index is 0. The first kappa shape index (κ1) is 25.0. The van der Waals surface area contributed by atoms with Crippen LogP contribution in [0.5, 0.6) is 0 Å². The zero-order valence-corrected chi connectivity index (χ0v) is 21.2. The van der Waals surface area contributed by atoms with E-state index < -0.39 is 0 Å². The number of hydrogen-bond donors (Lipinski definition) is 2. The van der Waals surface area contributed by atoms with E-state index in [4.69, 9.17) is 20.2 Å². The Hall–Kier alpha value is -2.65. The van der Waals surface area contributed by atoms with Crippen molar-refractivity contribution in [3.63, 3.8) is 0 Å². The largest absolute Gasteiger partial charge is 0.393 e. The third-order valence-corrected chi connectivity index (χ3v) is 5.33. The van der Waals surface area contributed by atoms with Crippen molar-refractivity contribution in [2.45, 2.75) is 39.4 Å². The molecule has 1 heterocycles. The first-order valence-corrected chi connectivity index (χ1v) is 10.8. The Labute approximate surface area is 208 Å². The number of fused-ring (bicyclic) bond motifs is 6. The summed E-state index contributed by atoms with van der Waals surface area (Å²) in [5.41, 5.74) is 5.05. The van der Waals surface area contributed by atoms with Gasteiger partial charge >= 0.3 is 0 Å². The molecular weight excluding hydrogens is 591 g/mol.